The van der Waals surface area contributed by atoms with Crippen LogP contribution in [0.15, 0.2) is 42.5 Å². The largest absolute Gasteiger partial charge is 0.390 e. The second-order valence-corrected chi connectivity index (χ2v) is 11.8. The topological polar surface area (TPSA) is 87.9 Å². The SMILES string of the molecule is N#CC1CC2(CCN(C(=O)c3ccc4c(c3)CCN(CC(O)CN3CCc5ccccc5C3)C4=O)CC2)C1. The molecular formula is C31H36N4O3. The number of hydrogen-bond acceptors (Lipinski definition) is 5. The third kappa shape index (κ3) is 4.83. The molecule has 38 heavy (non-hydrogen) atoms. The number of amides is 2. The van der Waals surface area contributed by atoms with Gasteiger partial charge in [-0.15, -0.1) is 0 Å². The van der Waals surface area contributed by atoms with Gasteiger partial charge in [0.1, 0.15) is 0 Å². The molecule has 2 fully saturated rings. The number of rotatable bonds is 5. The Hall–Kier alpha value is -3.21. The summed E-state index contributed by atoms with van der Waals surface area (Å²) in [6, 6.07) is 16.3. The van der Waals surface area contributed by atoms with E-state index in [1.165, 1.54) is 11.1 Å². The minimum Gasteiger partial charge on any atom is -0.390 e. The molecule has 6 rings (SSSR count). The van der Waals surface area contributed by atoms with Crippen molar-refractivity contribution in [2.24, 2.45) is 11.3 Å². The first-order valence-corrected chi connectivity index (χ1v) is 14.0. The standard InChI is InChI=1S/C31H36N4O3/c32-18-22-16-31(17-22)9-13-34(14-10-31)29(37)25-5-6-28-24(15-25)8-12-35(30(28)38)21-27(36)20-33-11-7-23-3-1-2-4-26(23)19-33/h1-6,15,22,27,36H,7-14,16-17,19-21H2. The summed E-state index contributed by atoms with van der Waals surface area (Å²) in [4.78, 5) is 32.4. The van der Waals surface area contributed by atoms with Crippen LogP contribution in [0.25, 0.3) is 0 Å². The number of piperidine rings is 1. The molecule has 0 aromatic heterocycles. The van der Waals surface area contributed by atoms with Crippen LogP contribution >= 0.6 is 0 Å². The molecule has 0 radical (unpaired) electrons. The van der Waals surface area contributed by atoms with Crippen LogP contribution in [0.1, 0.15) is 63.1 Å². The number of likely N-dealkylation sites (tertiary alicyclic amines) is 1. The predicted molar refractivity (Wildman–Crippen MR) is 143 cm³/mol. The molecule has 2 aromatic rings. The monoisotopic (exact) mass is 512 g/mol. The Morgan fingerprint density at radius 1 is 1.00 bits per heavy atom. The summed E-state index contributed by atoms with van der Waals surface area (Å²) in [5.41, 5.74) is 5.18. The number of carbonyl (C=O) groups is 2. The molecule has 7 nitrogen and oxygen atoms in total. The van der Waals surface area contributed by atoms with E-state index in [0.717, 1.165) is 63.8 Å². The molecule has 1 aliphatic carbocycles. The molecule has 1 saturated heterocycles. The fraction of sp³-hybridized carbons (Fsp3) is 0.516. The molecule has 2 aromatic carbocycles. The summed E-state index contributed by atoms with van der Waals surface area (Å²) in [6.45, 7) is 4.64. The van der Waals surface area contributed by atoms with E-state index in [9.17, 15) is 14.7 Å². The molecule has 1 saturated carbocycles. The first-order chi connectivity index (χ1) is 18.4. The van der Waals surface area contributed by atoms with Crippen molar-refractivity contribution in [3.63, 3.8) is 0 Å². The van der Waals surface area contributed by atoms with E-state index in [-0.39, 0.29) is 23.1 Å². The summed E-state index contributed by atoms with van der Waals surface area (Å²) in [5, 5.41) is 19.9. The van der Waals surface area contributed by atoms with Crippen LogP contribution in [-0.4, -0.2) is 77.0 Å². The van der Waals surface area contributed by atoms with Gasteiger partial charge in [0.25, 0.3) is 11.8 Å². The normalized spacial score (nSPS) is 21.8. The van der Waals surface area contributed by atoms with Gasteiger partial charge >= 0.3 is 0 Å². The minimum absolute atomic E-state index is 0.0345. The van der Waals surface area contributed by atoms with Crippen LogP contribution < -0.4 is 0 Å². The molecular weight excluding hydrogens is 476 g/mol. The van der Waals surface area contributed by atoms with Crippen molar-refractivity contribution in [3.8, 4) is 6.07 Å². The van der Waals surface area contributed by atoms with Gasteiger partial charge in [-0.25, -0.2) is 0 Å². The van der Waals surface area contributed by atoms with Gasteiger partial charge in [0.2, 0.25) is 0 Å². The van der Waals surface area contributed by atoms with E-state index in [1.807, 2.05) is 11.0 Å². The molecule has 1 unspecified atom stereocenters. The summed E-state index contributed by atoms with van der Waals surface area (Å²) in [5.74, 6) is 0.163. The van der Waals surface area contributed by atoms with E-state index in [0.29, 0.717) is 37.2 Å². The average Bonchev–Trinajstić information content (AvgIpc) is 2.92. The Kier molecular flexibility index (Phi) is 6.71. The van der Waals surface area contributed by atoms with Gasteiger partial charge in [-0.1, -0.05) is 24.3 Å². The van der Waals surface area contributed by atoms with E-state index in [2.05, 4.69) is 35.2 Å². The summed E-state index contributed by atoms with van der Waals surface area (Å²) < 4.78 is 0. The zero-order valence-electron chi connectivity index (χ0n) is 21.9. The van der Waals surface area contributed by atoms with Crippen molar-refractivity contribution < 1.29 is 14.7 Å². The van der Waals surface area contributed by atoms with Crippen molar-refractivity contribution in [3.05, 3.63) is 70.3 Å². The van der Waals surface area contributed by atoms with E-state index < -0.39 is 6.10 Å². The van der Waals surface area contributed by atoms with Crippen molar-refractivity contribution >= 4 is 11.8 Å². The van der Waals surface area contributed by atoms with E-state index in [1.54, 1.807) is 17.0 Å². The maximum absolute atomic E-state index is 13.2. The molecule has 7 heteroatoms. The Labute approximate surface area is 224 Å². The second-order valence-electron chi connectivity index (χ2n) is 11.8. The number of hydrogen-bond donors (Lipinski definition) is 1. The fourth-order valence-corrected chi connectivity index (χ4v) is 7.02. The van der Waals surface area contributed by atoms with Gasteiger partial charge < -0.3 is 14.9 Å². The molecule has 1 spiro atoms. The number of aliphatic hydroxyl groups excluding tert-OH is 1. The van der Waals surface area contributed by atoms with E-state index >= 15 is 0 Å². The number of β-amino-alcohol motifs (C(OH)–C–C–N with tert-alkyl or cyclic N) is 1. The highest BCUT2D eigenvalue weighted by atomic mass is 16.3. The van der Waals surface area contributed by atoms with Crippen LogP contribution in [0.2, 0.25) is 0 Å². The van der Waals surface area contributed by atoms with Crippen molar-refractivity contribution in [1.82, 2.24) is 14.7 Å². The lowest BCUT2D eigenvalue weighted by molar-refractivity contribution is 0.00873. The third-order valence-corrected chi connectivity index (χ3v) is 9.28. The van der Waals surface area contributed by atoms with Crippen LogP contribution in [0.4, 0.5) is 0 Å². The lowest BCUT2D eigenvalue weighted by Gasteiger charge is -2.50. The number of aliphatic hydroxyl groups is 1. The zero-order valence-corrected chi connectivity index (χ0v) is 21.9. The number of nitrogens with zero attached hydrogens (tertiary/aromatic N) is 4. The number of benzene rings is 2. The number of fused-ring (bicyclic) bond motifs is 2. The molecule has 2 amide bonds. The van der Waals surface area contributed by atoms with Crippen LogP contribution in [0.3, 0.4) is 0 Å². The molecule has 0 bridgehead atoms. The average molecular weight is 513 g/mol. The number of nitriles is 1. The Morgan fingerprint density at radius 2 is 1.74 bits per heavy atom. The summed E-state index contributed by atoms with van der Waals surface area (Å²) >= 11 is 0. The highest BCUT2D eigenvalue weighted by Crippen LogP contribution is 2.52. The van der Waals surface area contributed by atoms with Gasteiger partial charge in [-0.2, -0.15) is 5.26 Å². The molecule has 4 aliphatic rings. The summed E-state index contributed by atoms with van der Waals surface area (Å²) in [6.07, 6.45) is 4.97. The van der Waals surface area contributed by atoms with Crippen LogP contribution in [-0.2, 0) is 19.4 Å². The highest BCUT2D eigenvalue weighted by Gasteiger charge is 2.46. The first-order valence-electron chi connectivity index (χ1n) is 14.0. The Bertz CT molecular complexity index is 1270. The van der Waals surface area contributed by atoms with Gasteiger partial charge in [0.05, 0.1) is 12.2 Å². The fourth-order valence-electron chi connectivity index (χ4n) is 7.02. The first kappa shape index (κ1) is 25.1. The van der Waals surface area contributed by atoms with Crippen LogP contribution in [0.5, 0.6) is 0 Å². The van der Waals surface area contributed by atoms with Gasteiger partial charge in [-0.05, 0) is 78.8 Å². The van der Waals surface area contributed by atoms with E-state index in [4.69, 9.17) is 5.26 Å². The molecule has 3 aliphatic heterocycles. The second kappa shape index (κ2) is 10.2. The van der Waals surface area contributed by atoms with Crippen molar-refractivity contribution in [2.45, 2.75) is 51.2 Å². The van der Waals surface area contributed by atoms with Crippen molar-refractivity contribution in [2.75, 3.05) is 39.3 Å². The minimum atomic E-state index is -0.604. The molecule has 1 atom stereocenters. The zero-order chi connectivity index (χ0) is 26.3. The third-order valence-electron chi connectivity index (χ3n) is 9.28. The number of carbonyl (C=O) groups excluding carboxylic acids is 2. The Morgan fingerprint density at radius 3 is 2.50 bits per heavy atom. The lowest BCUT2D eigenvalue weighted by Crippen LogP contribution is -2.48. The predicted octanol–water partition coefficient (Wildman–Crippen LogP) is 3.26. The summed E-state index contributed by atoms with van der Waals surface area (Å²) in [7, 11) is 0. The van der Waals surface area contributed by atoms with Crippen molar-refractivity contribution in [1.29, 1.82) is 5.26 Å². The quantitative estimate of drug-likeness (QED) is 0.665. The van der Waals surface area contributed by atoms with Crippen LogP contribution in [0, 0.1) is 22.7 Å². The smallest absolute Gasteiger partial charge is 0.254 e. The maximum atomic E-state index is 13.2. The lowest BCUT2D eigenvalue weighted by atomic mass is 9.58. The molecule has 3 heterocycles. The van der Waals surface area contributed by atoms with Gasteiger partial charge in [0.15, 0.2) is 0 Å². The molecule has 1 N–H and O–H groups in total. The molecule has 198 valence electrons. The van der Waals surface area contributed by atoms with Gasteiger partial charge in [0, 0.05) is 62.9 Å². The van der Waals surface area contributed by atoms with Gasteiger partial charge in [-0.3, -0.25) is 14.5 Å². The highest BCUT2D eigenvalue weighted by molar-refractivity contribution is 6.00. The Balaban J connectivity index is 1.03. The maximum Gasteiger partial charge on any atom is 0.254 e.